The van der Waals surface area contributed by atoms with Gasteiger partial charge in [0.15, 0.2) is 5.82 Å². The second-order valence-electron chi connectivity index (χ2n) is 3.25. The maximum atomic E-state index is 4.23. The molecule has 0 aliphatic heterocycles. The predicted octanol–water partition coefficient (Wildman–Crippen LogP) is 0.0640. The lowest BCUT2D eigenvalue weighted by molar-refractivity contribution is 0.821. The van der Waals surface area contributed by atoms with E-state index in [1.54, 1.807) is 6.20 Å². The van der Waals surface area contributed by atoms with Crippen molar-refractivity contribution < 1.29 is 0 Å². The molecular weight excluding hydrogens is 192 g/mol. The zero-order chi connectivity index (χ0) is 10.7. The predicted molar refractivity (Wildman–Crippen MR) is 57.9 cm³/mol. The molecule has 6 nitrogen and oxygen atoms in total. The highest BCUT2D eigenvalue weighted by Crippen LogP contribution is 2.10. The average molecular weight is 206 g/mol. The van der Waals surface area contributed by atoms with Gasteiger partial charge in [-0.05, 0) is 14.0 Å². The zero-order valence-electron chi connectivity index (χ0n) is 8.86. The molecule has 6 heteroatoms. The SMILES string of the molecule is CNCCNc1nccn2c(C)nnc12. The molecule has 0 aromatic carbocycles. The minimum atomic E-state index is 0.770. The van der Waals surface area contributed by atoms with Crippen molar-refractivity contribution in [2.45, 2.75) is 6.92 Å². The highest BCUT2D eigenvalue weighted by molar-refractivity contribution is 5.61. The van der Waals surface area contributed by atoms with E-state index < -0.39 is 0 Å². The largest absolute Gasteiger partial charge is 0.366 e. The average Bonchev–Trinajstić information content (AvgIpc) is 2.62. The number of rotatable bonds is 4. The van der Waals surface area contributed by atoms with Gasteiger partial charge in [-0.15, -0.1) is 10.2 Å². The Labute approximate surface area is 87.7 Å². The molecule has 2 heterocycles. The Kier molecular flexibility index (Phi) is 2.77. The van der Waals surface area contributed by atoms with Crippen LogP contribution < -0.4 is 10.6 Å². The van der Waals surface area contributed by atoms with Crippen LogP contribution in [0.5, 0.6) is 0 Å². The summed E-state index contributed by atoms with van der Waals surface area (Å²) >= 11 is 0. The van der Waals surface area contributed by atoms with E-state index in [1.165, 1.54) is 0 Å². The summed E-state index contributed by atoms with van der Waals surface area (Å²) in [5.74, 6) is 1.64. The Morgan fingerprint density at radius 3 is 3.00 bits per heavy atom. The highest BCUT2D eigenvalue weighted by atomic mass is 15.3. The number of aromatic nitrogens is 4. The molecule has 0 atom stereocenters. The van der Waals surface area contributed by atoms with Crippen molar-refractivity contribution in [2.24, 2.45) is 0 Å². The maximum absolute atomic E-state index is 4.23. The molecular formula is C9H14N6. The molecule has 2 rings (SSSR count). The smallest absolute Gasteiger partial charge is 0.203 e. The standard InChI is InChI=1S/C9H14N6/c1-7-13-14-9-8(11-4-3-10-2)12-5-6-15(7)9/h5-6,10H,3-4H2,1-2H3,(H,11,12). The van der Waals surface area contributed by atoms with Crippen molar-refractivity contribution in [2.75, 3.05) is 25.5 Å². The van der Waals surface area contributed by atoms with Crippen LogP contribution in [-0.2, 0) is 0 Å². The number of nitrogens with zero attached hydrogens (tertiary/aromatic N) is 4. The third kappa shape index (κ3) is 1.89. The van der Waals surface area contributed by atoms with Crippen LogP contribution in [0.15, 0.2) is 12.4 Å². The molecule has 0 amide bonds. The Morgan fingerprint density at radius 1 is 1.33 bits per heavy atom. The quantitative estimate of drug-likeness (QED) is 0.693. The second kappa shape index (κ2) is 4.22. The molecule has 0 bridgehead atoms. The molecule has 0 aliphatic rings. The fourth-order valence-corrected chi connectivity index (χ4v) is 1.37. The van der Waals surface area contributed by atoms with E-state index in [9.17, 15) is 0 Å². The number of fused-ring (bicyclic) bond motifs is 1. The Hall–Kier alpha value is -1.69. The van der Waals surface area contributed by atoms with E-state index in [2.05, 4.69) is 25.8 Å². The maximum Gasteiger partial charge on any atom is 0.203 e. The van der Waals surface area contributed by atoms with Crippen LogP contribution in [0, 0.1) is 6.92 Å². The van der Waals surface area contributed by atoms with E-state index in [4.69, 9.17) is 0 Å². The van der Waals surface area contributed by atoms with Crippen LogP contribution in [0.25, 0.3) is 5.65 Å². The zero-order valence-corrected chi connectivity index (χ0v) is 8.86. The lowest BCUT2D eigenvalue weighted by Crippen LogP contribution is -2.18. The summed E-state index contributed by atoms with van der Waals surface area (Å²) in [4.78, 5) is 4.23. The fourth-order valence-electron chi connectivity index (χ4n) is 1.37. The van der Waals surface area contributed by atoms with Crippen LogP contribution in [-0.4, -0.2) is 39.7 Å². The number of hydrogen-bond donors (Lipinski definition) is 2. The Morgan fingerprint density at radius 2 is 2.20 bits per heavy atom. The van der Waals surface area contributed by atoms with E-state index in [-0.39, 0.29) is 0 Å². The van der Waals surface area contributed by atoms with Crippen LogP contribution >= 0.6 is 0 Å². The first kappa shape index (κ1) is 9.85. The summed E-state index contributed by atoms with van der Waals surface area (Å²) in [7, 11) is 1.91. The van der Waals surface area contributed by atoms with Crippen LogP contribution in [0.4, 0.5) is 5.82 Å². The summed E-state index contributed by atoms with van der Waals surface area (Å²) < 4.78 is 1.91. The third-order valence-electron chi connectivity index (χ3n) is 2.16. The van der Waals surface area contributed by atoms with Gasteiger partial charge in [-0.1, -0.05) is 0 Å². The molecule has 0 radical (unpaired) electrons. The molecule has 80 valence electrons. The first-order valence-corrected chi connectivity index (χ1v) is 4.87. The Balaban J connectivity index is 2.26. The minimum absolute atomic E-state index is 0.770. The molecule has 2 aromatic rings. The molecule has 2 aromatic heterocycles. The van der Waals surface area contributed by atoms with Gasteiger partial charge in [-0.3, -0.25) is 4.40 Å². The summed E-state index contributed by atoms with van der Waals surface area (Å²) in [6.07, 6.45) is 3.60. The van der Waals surface area contributed by atoms with Gasteiger partial charge in [0.1, 0.15) is 5.82 Å². The van der Waals surface area contributed by atoms with Crippen molar-refractivity contribution in [3.05, 3.63) is 18.2 Å². The number of nitrogens with one attached hydrogen (secondary N) is 2. The van der Waals surface area contributed by atoms with Gasteiger partial charge in [0.25, 0.3) is 0 Å². The number of likely N-dealkylation sites (N-methyl/N-ethyl adjacent to an activating group) is 1. The lowest BCUT2D eigenvalue weighted by atomic mass is 10.5. The van der Waals surface area contributed by atoms with Gasteiger partial charge in [-0.2, -0.15) is 0 Å². The first-order chi connectivity index (χ1) is 7.33. The van der Waals surface area contributed by atoms with Gasteiger partial charge in [0, 0.05) is 25.5 Å². The number of aryl methyl sites for hydroxylation is 1. The first-order valence-electron chi connectivity index (χ1n) is 4.87. The summed E-state index contributed by atoms with van der Waals surface area (Å²) in [6.45, 7) is 3.61. The van der Waals surface area contributed by atoms with E-state index >= 15 is 0 Å². The highest BCUT2D eigenvalue weighted by Gasteiger charge is 2.05. The fraction of sp³-hybridized carbons (Fsp3) is 0.444. The molecule has 0 fully saturated rings. The molecule has 0 saturated carbocycles. The van der Waals surface area contributed by atoms with Gasteiger partial charge in [-0.25, -0.2) is 4.98 Å². The van der Waals surface area contributed by atoms with Gasteiger partial charge < -0.3 is 10.6 Å². The van der Waals surface area contributed by atoms with Gasteiger partial charge >= 0.3 is 0 Å². The van der Waals surface area contributed by atoms with Crippen molar-refractivity contribution in [1.29, 1.82) is 0 Å². The number of anilines is 1. The van der Waals surface area contributed by atoms with Crippen molar-refractivity contribution >= 4 is 11.5 Å². The van der Waals surface area contributed by atoms with E-state index in [0.29, 0.717) is 0 Å². The molecule has 0 aliphatic carbocycles. The van der Waals surface area contributed by atoms with Crippen LogP contribution in [0.2, 0.25) is 0 Å². The molecule has 2 N–H and O–H groups in total. The topological polar surface area (TPSA) is 67.1 Å². The molecule has 0 spiro atoms. The van der Waals surface area contributed by atoms with Crippen LogP contribution in [0.3, 0.4) is 0 Å². The summed E-state index contributed by atoms with van der Waals surface area (Å²) in [5.41, 5.74) is 0.770. The van der Waals surface area contributed by atoms with Crippen LogP contribution in [0.1, 0.15) is 5.82 Å². The molecule has 0 saturated heterocycles. The van der Waals surface area contributed by atoms with Crippen molar-refractivity contribution in [1.82, 2.24) is 24.9 Å². The minimum Gasteiger partial charge on any atom is -0.366 e. The number of hydrogen-bond acceptors (Lipinski definition) is 5. The molecule has 15 heavy (non-hydrogen) atoms. The van der Waals surface area contributed by atoms with Gasteiger partial charge in [0.05, 0.1) is 0 Å². The normalized spacial score (nSPS) is 10.8. The van der Waals surface area contributed by atoms with Crippen molar-refractivity contribution in [3.63, 3.8) is 0 Å². The second-order valence-corrected chi connectivity index (χ2v) is 3.25. The third-order valence-corrected chi connectivity index (χ3v) is 2.16. The van der Waals surface area contributed by atoms with Gasteiger partial charge in [0.2, 0.25) is 5.65 Å². The molecule has 0 unspecified atom stereocenters. The summed E-state index contributed by atoms with van der Waals surface area (Å²) in [5, 5.41) is 14.3. The summed E-state index contributed by atoms with van der Waals surface area (Å²) in [6, 6.07) is 0. The monoisotopic (exact) mass is 206 g/mol. The lowest BCUT2D eigenvalue weighted by Gasteiger charge is -2.05. The Bertz CT molecular complexity index is 449. The van der Waals surface area contributed by atoms with E-state index in [1.807, 2.05) is 24.6 Å². The van der Waals surface area contributed by atoms with Crippen molar-refractivity contribution in [3.8, 4) is 0 Å². The van der Waals surface area contributed by atoms with E-state index in [0.717, 1.165) is 30.4 Å².